The third-order valence-electron chi connectivity index (χ3n) is 3.27. The van der Waals surface area contributed by atoms with E-state index in [2.05, 4.69) is 4.98 Å². The molecular formula is C16H19N3O3S. The average molecular weight is 333 g/mol. The van der Waals surface area contributed by atoms with Gasteiger partial charge >= 0.3 is 0 Å². The lowest BCUT2D eigenvalue weighted by Crippen LogP contribution is -2.18. The number of carbonyl (C=O) groups is 1. The van der Waals surface area contributed by atoms with Crippen LogP contribution in [0.15, 0.2) is 41.4 Å². The Labute approximate surface area is 136 Å². The molecule has 2 aromatic rings. The molecule has 0 atom stereocenters. The summed E-state index contributed by atoms with van der Waals surface area (Å²) in [6.45, 7) is 3.50. The summed E-state index contributed by atoms with van der Waals surface area (Å²) in [5.41, 5.74) is 1.39. The van der Waals surface area contributed by atoms with E-state index >= 15 is 0 Å². The molecule has 0 fully saturated rings. The largest absolute Gasteiger partial charge is 0.345 e. The number of aryl methyl sites for hydroxylation is 2. The molecule has 1 aromatic carbocycles. The number of nitrogens with zero attached hydrogens (tertiary/aromatic N) is 3. The summed E-state index contributed by atoms with van der Waals surface area (Å²) >= 11 is 0. The molecule has 0 saturated carbocycles. The zero-order valence-electron chi connectivity index (χ0n) is 13.5. The molecule has 0 unspecified atom stereocenters. The highest BCUT2D eigenvalue weighted by molar-refractivity contribution is 7.90. The first-order valence-electron chi connectivity index (χ1n) is 6.99. The van der Waals surface area contributed by atoms with Gasteiger partial charge in [0.1, 0.15) is 5.82 Å². The van der Waals surface area contributed by atoms with Crippen LogP contribution in [0, 0.1) is 13.8 Å². The van der Waals surface area contributed by atoms with Gasteiger partial charge in [-0.05, 0) is 32.1 Å². The zero-order chi connectivity index (χ0) is 17.2. The van der Waals surface area contributed by atoms with Crippen molar-refractivity contribution in [2.75, 3.05) is 14.1 Å². The quantitative estimate of drug-likeness (QED) is 0.800. The van der Waals surface area contributed by atoms with E-state index in [0.29, 0.717) is 11.5 Å². The minimum atomic E-state index is -3.70. The molecule has 0 N–H and O–H groups in total. The maximum absolute atomic E-state index is 12.6. The molecule has 0 saturated heterocycles. The van der Waals surface area contributed by atoms with E-state index in [-0.39, 0.29) is 10.8 Å². The number of carbonyl (C=O) groups excluding carboxylic acids is 1. The van der Waals surface area contributed by atoms with Crippen LogP contribution < -0.4 is 0 Å². The fourth-order valence-corrected chi connectivity index (χ4v) is 3.27. The van der Waals surface area contributed by atoms with Gasteiger partial charge in [0.25, 0.3) is 10.0 Å². The zero-order valence-corrected chi connectivity index (χ0v) is 14.3. The Bertz CT molecular complexity index is 847. The molecule has 6 nitrogen and oxygen atoms in total. The average Bonchev–Trinajstić information content (AvgIpc) is 2.87. The topological polar surface area (TPSA) is 72.3 Å². The molecule has 122 valence electrons. The Hall–Kier alpha value is -2.41. The number of rotatable bonds is 4. The van der Waals surface area contributed by atoms with Gasteiger partial charge in [-0.2, -0.15) is 0 Å². The minimum absolute atomic E-state index is 0.196. The number of benzene rings is 1. The third-order valence-corrected chi connectivity index (χ3v) is 5.03. The second-order valence-corrected chi connectivity index (χ2v) is 7.21. The van der Waals surface area contributed by atoms with Gasteiger partial charge in [-0.15, -0.1) is 0 Å². The van der Waals surface area contributed by atoms with Crippen molar-refractivity contribution in [3.8, 4) is 0 Å². The first-order valence-corrected chi connectivity index (χ1v) is 8.43. The molecule has 7 heteroatoms. The van der Waals surface area contributed by atoms with Crippen molar-refractivity contribution in [2.24, 2.45) is 0 Å². The summed E-state index contributed by atoms with van der Waals surface area (Å²) in [7, 11) is -0.421. The Morgan fingerprint density at radius 1 is 1.17 bits per heavy atom. The third kappa shape index (κ3) is 3.68. The van der Waals surface area contributed by atoms with Gasteiger partial charge in [0.2, 0.25) is 5.91 Å². The van der Waals surface area contributed by atoms with Crippen LogP contribution in [-0.2, 0) is 14.8 Å². The highest BCUT2D eigenvalue weighted by atomic mass is 32.2. The van der Waals surface area contributed by atoms with Crippen LogP contribution in [-0.4, -0.2) is 42.3 Å². The Morgan fingerprint density at radius 3 is 2.35 bits per heavy atom. The Morgan fingerprint density at radius 2 is 1.78 bits per heavy atom. The lowest BCUT2D eigenvalue weighted by Gasteiger charge is -2.07. The van der Waals surface area contributed by atoms with E-state index in [1.807, 2.05) is 6.92 Å². The van der Waals surface area contributed by atoms with Crippen LogP contribution in [0.2, 0.25) is 0 Å². The summed E-state index contributed by atoms with van der Waals surface area (Å²) in [6.07, 6.45) is 4.26. The lowest BCUT2D eigenvalue weighted by molar-refractivity contribution is -0.123. The lowest BCUT2D eigenvalue weighted by atomic mass is 10.2. The van der Waals surface area contributed by atoms with E-state index in [4.69, 9.17) is 0 Å². The van der Waals surface area contributed by atoms with Crippen molar-refractivity contribution in [3.05, 3.63) is 53.6 Å². The summed E-state index contributed by atoms with van der Waals surface area (Å²) in [6, 6.07) is 6.62. The maximum atomic E-state index is 12.6. The first-order chi connectivity index (χ1) is 10.7. The Kier molecular flexibility index (Phi) is 4.70. The highest BCUT2D eigenvalue weighted by Gasteiger charge is 2.19. The molecule has 23 heavy (non-hydrogen) atoms. The van der Waals surface area contributed by atoms with Crippen LogP contribution in [0.4, 0.5) is 0 Å². The normalized spacial score (nSPS) is 11.8. The molecule has 0 spiro atoms. The summed E-state index contributed by atoms with van der Waals surface area (Å²) in [5, 5.41) is 0. The smallest absolute Gasteiger partial charge is 0.269 e. The molecule has 0 aliphatic rings. The molecule has 1 heterocycles. The maximum Gasteiger partial charge on any atom is 0.269 e. The van der Waals surface area contributed by atoms with E-state index in [1.165, 1.54) is 23.2 Å². The molecule has 0 aliphatic carbocycles. The van der Waals surface area contributed by atoms with Crippen molar-refractivity contribution < 1.29 is 13.2 Å². The minimum Gasteiger partial charge on any atom is -0.345 e. The summed E-state index contributed by atoms with van der Waals surface area (Å²) in [5.74, 6) is 0.140. The fourth-order valence-electron chi connectivity index (χ4n) is 1.93. The number of imidazole rings is 1. The molecule has 0 bridgehead atoms. The molecule has 1 amide bonds. The number of amides is 1. The molecule has 2 rings (SSSR count). The molecule has 1 aromatic heterocycles. The second-order valence-electron chi connectivity index (χ2n) is 5.39. The van der Waals surface area contributed by atoms with Crippen molar-refractivity contribution in [2.45, 2.75) is 18.7 Å². The van der Waals surface area contributed by atoms with Gasteiger partial charge in [0.05, 0.1) is 10.6 Å². The van der Waals surface area contributed by atoms with Crippen LogP contribution in [0.3, 0.4) is 0 Å². The predicted octanol–water partition coefficient (Wildman–Crippen LogP) is 1.84. The van der Waals surface area contributed by atoms with E-state index in [1.54, 1.807) is 45.3 Å². The molecular weight excluding hydrogens is 314 g/mol. The van der Waals surface area contributed by atoms with Crippen molar-refractivity contribution in [1.82, 2.24) is 13.9 Å². The van der Waals surface area contributed by atoms with Gasteiger partial charge in [0.15, 0.2) is 0 Å². The van der Waals surface area contributed by atoms with Crippen LogP contribution in [0.25, 0.3) is 6.08 Å². The van der Waals surface area contributed by atoms with Gasteiger partial charge in [-0.3, -0.25) is 4.79 Å². The number of aromatic nitrogens is 2. The van der Waals surface area contributed by atoms with Crippen molar-refractivity contribution in [1.29, 1.82) is 0 Å². The van der Waals surface area contributed by atoms with Crippen LogP contribution in [0.1, 0.15) is 17.1 Å². The van der Waals surface area contributed by atoms with Gasteiger partial charge in [-0.1, -0.05) is 17.7 Å². The predicted molar refractivity (Wildman–Crippen MR) is 88.5 cm³/mol. The van der Waals surface area contributed by atoms with Crippen LogP contribution >= 0.6 is 0 Å². The van der Waals surface area contributed by atoms with Gasteiger partial charge in [0, 0.05) is 26.4 Å². The summed E-state index contributed by atoms with van der Waals surface area (Å²) < 4.78 is 26.4. The monoisotopic (exact) mass is 333 g/mol. The molecule has 0 aliphatic heterocycles. The van der Waals surface area contributed by atoms with E-state index < -0.39 is 10.0 Å². The summed E-state index contributed by atoms with van der Waals surface area (Å²) in [4.78, 5) is 17.3. The van der Waals surface area contributed by atoms with Crippen LogP contribution in [0.5, 0.6) is 0 Å². The SMILES string of the molecule is Cc1ccc(S(=O)(=O)n2cc(/C=C/C(=O)N(C)C)nc2C)cc1. The van der Waals surface area contributed by atoms with Crippen molar-refractivity contribution in [3.63, 3.8) is 0 Å². The van der Waals surface area contributed by atoms with Gasteiger partial charge in [-0.25, -0.2) is 17.4 Å². The molecule has 0 radical (unpaired) electrons. The van der Waals surface area contributed by atoms with Crippen molar-refractivity contribution >= 4 is 22.0 Å². The van der Waals surface area contributed by atoms with E-state index in [9.17, 15) is 13.2 Å². The van der Waals surface area contributed by atoms with Gasteiger partial charge < -0.3 is 4.90 Å². The number of hydrogen-bond donors (Lipinski definition) is 0. The van der Waals surface area contributed by atoms with E-state index in [0.717, 1.165) is 9.54 Å². The highest BCUT2D eigenvalue weighted by Crippen LogP contribution is 2.17. The Balaban J connectivity index is 2.37. The number of hydrogen-bond acceptors (Lipinski definition) is 4. The number of likely N-dealkylation sites (N-methyl/N-ethyl adjacent to an activating group) is 1. The first kappa shape index (κ1) is 17.0. The standard InChI is InChI=1S/C16H19N3O3S/c1-12-5-8-15(9-6-12)23(21,22)19-11-14(17-13(19)2)7-10-16(20)18(3)4/h5-11H,1-4H3/b10-7+. The fraction of sp³-hybridized carbons (Fsp3) is 0.250. The second kappa shape index (κ2) is 6.37.